The van der Waals surface area contributed by atoms with Crippen LogP contribution in [0.4, 0.5) is 0 Å². The van der Waals surface area contributed by atoms with Crippen molar-refractivity contribution in [3.05, 3.63) is 22.3 Å². The maximum atomic E-state index is 10.4. The first-order valence-electron chi connectivity index (χ1n) is 24.8. The summed E-state index contributed by atoms with van der Waals surface area (Å²) in [6, 6.07) is 0. The summed E-state index contributed by atoms with van der Waals surface area (Å²) >= 11 is 0. The van der Waals surface area contributed by atoms with E-state index in [-0.39, 0.29) is 19.4 Å². The van der Waals surface area contributed by atoms with Crippen LogP contribution in [0, 0.1) is 12.3 Å². The van der Waals surface area contributed by atoms with Crippen molar-refractivity contribution >= 4 is 11.9 Å². The quantitative estimate of drug-likeness (QED) is 0.0204. The van der Waals surface area contributed by atoms with Crippen LogP contribution in [-0.4, -0.2) is 149 Å². The van der Waals surface area contributed by atoms with Gasteiger partial charge in [-0.1, -0.05) is 114 Å². The van der Waals surface area contributed by atoms with Crippen LogP contribution in [0.5, 0.6) is 0 Å². The smallest absolute Gasteiger partial charge is 0.305 e. The maximum Gasteiger partial charge on any atom is 0.305 e. The van der Waals surface area contributed by atoms with Gasteiger partial charge in [-0.05, 0) is 37.6 Å². The topological polar surface area (TPSA) is 228 Å². The van der Waals surface area contributed by atoms with E-state index >= 15 is 0 Å². The number of aliphatic carboxylic acids is 2. The summed E-state index contributed by atoms with van der Waals surface area (Å²) in [5.41, 5.74) is 8.96. The molecule has 384 valence electrons. The number of nitrogens with zero attached hydrogens (tertiary/aromatic N) is 6. The second kappa shape index (κ2) is 57.8. The number of aryl methyl sites for hydroxylation is 1. The van der Waals surface area contributed by atoms with E-state index in [2.05, 4.69) is 33.2 Å². The van der Waals surface area contributed by atoms with Gasteiger partial charge in [-0.15, -0.1) is 17.4 Å². The molecular formula is C48H90N6O12. The summed E-state index contributed by atoms with van der Waals surface area (Å²) in [6.45, 7) is 13.4. The van der Waals surface area contributed by atoms with Crippen molar-refractivity contribution < 1.29 is 57.7 Å². The summed E-state index contributed by atoms with van der Waals surface area (Å²) in [6.07, 6.45) is 31.2. The molecule has 0 unspecified atom stereocenters. The fourth-order valence-electron chi connectivity index (χ4n) is 5.84. The molecule has 1 heterocycles. The molecule has 18 heteroatoms. The van der Waals surface area contributed by atoms with Gasteiger partial charge in [0.2, 0.25) is 0 Å². The van der Waals surface area contributed by atoms with Gasteiger partial charge in [0.05, 0.1) is 111 Å². The summed E-state index contributed by atoms with van der Waals surface area (Å²) in [5.74, 6) is 0.816. The molecule has 1 rings (SSSR count). The molecule has 0 aromatic carbocycles. The Morgan fingerprint density at radius 3 is 1.41 bits per heavy atom. The number of aromatic nitrogens is 3. The van der Waals surface area contributed by atoms with Crippen LogP contribution >= 0.6 is 0 Å². The monoisotopic (exact) mass is 943 g/mol. The van der Waals surface area contributed by atoms with E-state index in [1.54, 1.807) is 0 Å². The Morgan fingerprint density at radius 1 is 0.576 bits per heavy atom. The molecule has 0 fully saturated rings. The highest BCUT2D eigenvalue weighted by Gasteiger charge is 2.03. The maximum absolute atomic E-state index is 10.4. The second-order valence-electron chi connectivity index (χ2n) is 15.4. The second-order valence-corrected chi connectivity index (χ2v) is 15.4. The fraction of sp³-hybridized carbons (Fsp3) is 0.875. The van der Waals surface area contributed by atoms with Crippen molar-refractivity contribution in [1.82, 2.24) is 15.0 Å². The average molecular weight is 943 g/mol. The van der Waals surface area contributed by atoms with Crippen LogP contribution < -0.4 is 0 Å². The number of ether oxygens (including phenoxy) is 8. The van der Waals surface area contributed by atoms with Crippen LogP contribution in [0.2, 0.25) is 0 Å². The highest BCUT2D eigenvalue weighted by Crippen LogP contribution is 2.13. The Labute approximate surface area is 397 Å². The normalized spacial score (nSPS) is 10.7. The SMILES string of the molecule is C#CCC.CCCCCCCCCCCCCCCCc1cn(CCOCCOCCOCCOCCOCCOCCOCCCCCC(=O)O)nn1.[N-]=[N+]=NCCCOCCC(=O)O. The number of unbranched alkanes of at least 4 members (excludes halogenated alkanes) is 15. The summed E-state index contributed by atoms with van der Waals surface area (Å²) < 4.78 is 45.4. The zero-order valence-corrected chi connectivity index (χ0v) is 41.1. The van der Waals surface area contributed by atoms with Gasteiger partial charge >= 0.3 is 11.9 Å². The van der Waals surface area contributed by atoms with Crippen LogP contribution in [-0.2, 0) is 60.4 Å². The van der Waals surface area contributed by atoms with Crippen molar-refractivity contribution in [3.8, 4) is 12.3 Å². The Bertz CT molecular complexity index is 1240. The van der Waals surface area contributed by atoms with Crippen molar-refractivity contribution in [1.29, 1.82) is 0 Å². The van der Waals surface area contributed by atoms with Crippen LogP contribution in [0.1, 0.15) is 154 Å². The molecule has 66 heavy (non-hydrogen) atoms. The summed E-state index contributed by atoms with van der Waals surface area (Å²) in [7, 11) is 0. The highest BCUT2D eigenvalue weighted by atomic mass is 16.6. The molecule has 18 nitrogen and oxygen atoms in total. The molecule has 0 radical (unpaired) electrons. The number of hydrogen-bond donors (Lipinski definition) is 2. The molecule has 0 amide bonds. The van der Waals surface area contributed by atoms with E-state index in [4.69, 9.17) is 60.1 Å². The van der Waals surface area contributed by atoms with E-state index in [0.717, 1.165) is 31.4 Å². The lowest BCUT2D eigenvalue weighted by Gasteiger charge is -2.08. The zero-order chi connectivity index (χ0) is 48.5. The molecule has 2 N–H and O–H groups in total. The Balaban J connectivity index is 0. The molecule has 0 aliphatic heterocycles. The molecule has 0 saturated heterocycles. The summed E-state index contributed by atoms with van der Waals surface area (Å²) in [5, 5.41) is 28.6. The highest BCUT2D eigenvalue weighted by molar-refractivity contribution is 5.66. The molecule has 0 spiro atoms. The molecule has 0 bridgehead atoms. The minimum absolute atomic E-state index is 0.0154. The van der Waals surface area contributed by atoms with E-state index < -0.39 is 11.9 Å². The third-order valence-corrected chi connectivity index (χ3v) is 9.52. The van der Waals surface area contributed by atoms with E-state index in [9.17, 15) is 9.59 Å². The van der Waals surface area contributed by atoms with E-state index in [1.807, 2.05) is 17.8 Å². The van der Waals surface area contributed by atoms with Crippen molar-refractivity contribution in [3.63, 3.8) is 0 Å². The number of rotatable bonds is 49. The van der Waals surface area contributed by atoms with Crippen molar-refractivity contribution in [2.24, 2.45) is 5.11 Å². The standard InChI is InChI=1S/C38H73N3O9.C6H11N3O3.C4H6/c1-2-3-4-5-6-7-8-9-10-11-12-13-14-16-19-37-36-41(40-39-37)21-23-45-25-27-47-29-31-49-33-35-50-34-32-48-30-28-46-26-24-44-22-18-15-17-20-38(42)43;7-9-8-3-1-4-12-5-2-6(10)11;1-3-4-2/h36H,2-35H2,1H3,(H,42,43);1-5H2,(H,10,11);1H,4H2,2H3. The first-order valence-corrected chi connectivity index (χ1v) is 24.8. The first kappa shape index (κ1) is 64.7. The van der Waals surface area contributed by atoms with Gasteiger partial charge in [0.25, 0.3) is 0 Å². The molecule has 0 aliphatic rings. The lowest BCUT2D eigenvalue weighted by Crippen LogP contribution is -2.15. The Hall–Kier alpha value is -3.37. The molecule has 1 aromatic rings. The zero-order valence-electron chi connectivity index (χ0n) is 41.1. The third-order valence-electron chi connectivity index (χ3n) is 9.52. The van der Waals surface area contributed by atoms with Gasteiger partial charge in [-0.25, -0.2) is 4.68 Å². The summed E-state index contributed by atoms with van der Waals surface area (Å²) in [4.78, 5) is 23.0. The van der Waals surface area contributed by atoms with Gasteiger partial charge in [0.15, 0.2) is 0 Å². The fourth-order valence-corrected chi connectivity index (χ4v) is 5.84. The molecule has 0 atom stereocenters. The Kier molecular flexibility index (Phi) is 56.6. The van der Waals surface area contributed by atoms with Crippen molar-refractivity contribution in [2.75, 3.05) is 112 Å². The van der Waals surface area contributed by atoms with Gasteiger partial charge in [-0.3, -0.25) is 9.59 Å². The molecule has 0 saturated carbocycles. The molecule has 0 aliphatic carbocycles. The van der Waals surface area contributed by atoms with Gasteiger partial charge < -0.3 is 48.1 Å². The minimum Gasteiger partial charge on any atom is -0.481 e. The first-order chi connectivity index (χ1) is 32.4. The Morgan fingerprint density at radius 2 is 0.970 bits per heavy atom. The third kappa shape index (κ3) is 58.6. The molecule has 1 aromatic heterocycles. The number of terminal acetylenes is 1. The van der Waals surface area contributed by atoms with Crippen molar-refractivity contribution in [2.45, 2.75) is 162 Å². The minimum atomic E-state index is -0.870. The average Bonchev–Trinajstić information content (AvgIpc) is 3.77. The van der Waals surface area contributed by atoms with Gasteiger partial charge in [0, 0.05) is 43.7 Å². The van der Waals surface area contributed by atoms with E-state index in [1.165, 1.54) is 89.9 Å². The predicted octanol–water partition coefficient (Wildman–Crippen LogP) is 9.27. The lowest BCUT2D eigenvalue weighted by molar-refractivity contribution is -0.138. The number of hydrogen-bond acceptors (Lipinski definition) is 13. The number of carboxylic acid groups (broad SMARTS) is 2. The van der Waals surface area contributed by atoms with E-state index in [0.29, 0.717) is 125 Å². The predicted molar refractivity (Wildman–Crippen MR) is 257 cm³/mol. The number of azide groups is 1. The number of carbonyl (C=O) groups is 2. The van der Waals surface area contributed by atoms with Crippen LogP contribution in [0.3, 0.4) is 0 Å². The number of carboxylic acids is 2. The van der Waals surface area contributed by atoms with Gasteiger partial charge in [0.1, 0.15) is 0 Å². The largest absolute Gasteiger partial charge is 0.481 e. The lowest BCUT2D eigenvalue weighted by atomic mass is 10.0. The molecular weight excluding hydrogens is 853 g/mol. The van der Waals surface area contributed by atoms with Crippen LogP contribution in [0.25, 0.3) is 10.4 Å². The van der Waals surface area contributed by atoms with Gasteiger partial charge in [-0.2, -0.15) is 0 Å². The van der Waals surface area contributed by atoms with Crippen LogP contribution in [0.15, 0.2) is 11.3 Å².